The van der Waals surface area contributed by atoms with Crippen molar-refractivity contribution < 1.29 is 9.53 Å². The van der Waals surface area contributed by atoms with E-state index in [0.29, 0.717) is 5.11 Å². The number of ether oxygens (including phenoxy) is 1. The summed E-state index contributed by atoms with van der Waals surface area (Å²) in [6.45, 7) is 3.97. The lowest BCUT2D eigenvalue weighted by Gasteiger charge is -2.19. The van der Waals surface area contributed by atoms with Crippen LogP contribution < -0.4 is 16.2 Å². The molecule has 5 nitrogen and oxygen atoms in total. The van der Waals surface area contributed by atoms with Gasteiger partial charge in [-0.2, -0.15) is 0 Å². The second-order valence-electron chi connectivity index (χ2n) is 4.96. The predicted molar refractivity (Wildman–Crippen MR) is 68.2 cm³/mol. The molecule has 0 aromatic carbocycles. The van der Waals surface area contributed by atoms with E-state index in [9.17, 15) is 4.79 Å². The van der Waals surface area contributed by atoms with Crippen LogP contribution in [0.15, 0.2) is 0 Å². The summed E-state index contributed by atoms with van der Waals surface area (Å²) in [5.74, 6) is -0.0480. The average molecular weight is 257 g/mol. The smallest absolute Gasteiger partial charge is 0.244 e. The zero-order chi connectivity index (χ0) is 12.4. The van der Waals surface area contributed by atoms with Crippen LogP contribution in [0, 0.1) is 5.92 Å². The third-order valence-corrected chi connectivity index (χ3v) is 3.38. The van der Waals surface area contributed by atoms with Crippen molar-refractivity contribution in [2.75, 3.05) is 0 Å². The summed E-state index contributed by atoms with van der Waals surface area (Å²) in [7, 11) is 0. The van der Waals surface area contributed by atoms with Gasteiger partial charge in [-0.3, -0.25) is 15.6 Å². The molecular weight excluding hydrogens is 238 g/mol. The van der Waals surface area contributed by atoms with E-state index in [1.807, 2.05) is 13.8 Å². The van der Waals surface area contributed by atoms with Crippen molar-refractivity contribution in [1.82, 2.24) is 16.2 Å². The van der Waals surface area contributed by atoms with Crippen molar-refractivity contribution >= 4 is 23.2 Å². The summed E-state index contributed by atoms with van der Waals surface area (Å²) in [5, 5.41) is 3.44. The maximum atomic E-state index is 11.9. The summed E-state index contributed by atoms with van der Waals surface area (Å²) in [4.78, 5) is 11.9. The first-order valence-electron chi connectivity index (χ1n) is 6.08. The maximum Gasteiger partial charge on any atom is 0.244 e. The zero-order valence-corrected chi connectivity index (χ0v) is 11.0. The van der Waals surface area contributed by atoms with Crippen molar-refractivity contribution in [2.45, 2.75) is 51.4 Å². The van der Waals surface area contributed by atoms with Crippen molar-refractivity contribution in [2.24, 2.45) is 5.92 Å². The summed E-state index contributed by atoms with van der Waals surface area (Å²) in [6.07, 6.45) is 3.32. The van der Waals surface area contributed by atoms with Crippen LogP contribution in [0.1, 0.15) is 33.1 Å². The second kappa shape index (κ2) is 5.18. The number of thiocarbonyl (C=S) groups is 1. The highest BCUT2D eigenvalue weighted by Gasteiger charge is 2.44. The second-order valence-corrected chi connectivity index (χ2v) is 5.37. The Hall–Kier alpha value is -0.880. The maximum absolute atomic E-state index is 11.9. The largest absolute Gasteiger partial charge is 0.374 e. The highest BCUT2D eigenvalue weighted by Crippen LogP contribution is 2.38. The van der Waals surface area contributed by atoms with E-state index in [4.69, 9.17) is 17.0 Å². The molecule has 2 saturated heterocycles. The Bertz CT molecular complexity index is 322. The molecule has 2 aliphatic heterocycles. The van der Waals surface area contributed by atoms with Gasteiger partial charge < -0.3 is 10.1 Å². The summed E-state index contributed by atoms with van der Waals surface area (Å²) in [6, 6.07) is 0.248. The van der Waals surface area contributed by atoms with Gasteiger partial charge >= 0.3 is 0 Å². The van der Waals surface area contributed by atoms with Gasteiger partial charge in [-0.15, -0.1) is 0 Å². The van der Waals surface area contributed by atoms with Gasteiger partial charge in [0.15, 0.2) is 5.11 Å². The molecule has 2 bridgehead atoms. The molecule has 0 spiro atoms. The summed E-state index contributed by atoms with van der Waals surface area (Å²) >= 11 is 5.02. The minimum absolute atomic E-state index is 0.0230. The number of rotatable bonds is 2. The average Bonchev–Trinajstić information content (AvgIpc) is 2.86. The molecular formula is C11H19N3O2S. The fourth-order valence-corrected chi connectivity index (χ4v) is 2.71. The van der Waals surface area contributed by atoms with Crippen LogP contribution in [0.2, 0.25) is 0 Å². The Morgan fingerprint density at radius 1 is 1.35 bits per heavy atom. The van der Waals surface area contributed by atoms with Crippen molar-refractivity contribution in [3.8, 4) is 0 Å². The number of hydrogen-bond acceptors (Lipinski definition) is 3. The molecule has 2 fully saturated rings. The predicted octanol–water partition coefficient (Wildman–Crippen LogP) is 0.458. The highest BCUT2D eigenvalue weighted by molar-refractivity contribution is 7.80. The van der Waals surface area contributed by atoms with E-state index in [2.05, 4.69) is 16.2 Å². The molecule has 0 aromatic rings. The van der Waals surface area contributed by atoms with E-state index < -0.39 is 0 Å². The fourth-order valence-electron chi connectivity index (χ4n) is 2.42. The van der Waals surface area contributed by atoms with Crippen LogP contribution in [-0.4, -0.2) is 29.3 Å². The Labute approximate surface area is 107 Å². The fraction of sp³-hybridized carbons (Fsp3) is 0.818. The number of carbonyl (C=O) groups is 1. The van der Waals surface area contributed by atoms with Gasteiger partial charge in [0.05, 0.1) is 18.1 Å². The Morgan fingerprint density at radius 3 is 2.65 bits per heavy atom. The molecule has 3 atom stereocenters. The van der Waals surface area contributed by atoms with Crippen LogP contribution in [0.4, 0.5) is 0 Å². The number of carbonyl (C=O) groups excluding carboxylic acids is 1. The first kappa shape index (κ1) is 12.6. The molecule has 1 amide bonds. The lowest BCUT2D eigenvalue weighted by molar-refractivity contribution is -0.127. The van der Waals surface area contributed by atoms with Gasteiger partial charge in [0.1, 0.15) is 0 Å². The van der Waals surface area contributed by atoms with E-state index in [1.54, 1.807) is 0 Å². The Balaban J connectivity index is 1.73. The van der Waals surface area contributed by atoms with Crippen molar-refractivity contribution in [3.63, 3.8) is 0 Å². The standard InChI is InChI=1S/C11H19N3O2S/c1-6(2)12-11(17)14-13-10(15)8-5-7-3-4-9(8)16-7/h6-9H,3-5H2,1-2H3,(H,13,15)(H2,12,14,17). The molecule has 2 aliphatic rings. The number of amides is 1. The minimum Gasteiger partial charge on any atom is -0.374 e. The number of hydrogen-bond donors (Lipinski definition) is 3. The van der Waals surface area contributed by atoms with Crippen molar-refractivity contribution in [3.05, 3.63) is 0 Å². The van der Waals surface area contributed by atoms with Crippen LogP contribution in [0.3, 0.4) is 0 Å². The van der Waals surface area contributed by atoms with E-state index in [-0.39, 0.29) is 30.1 Å². The molecule has 0 aliphatic carbocycles. The van der Waals surface area contributed by atoms with Gasteiger partial charge in [-0.05, 0) is 45.3 Å². The SMILES string of the molecule is CC(C)NC(=S)NNC(=O)C1CC2CCC1O2. The van der Waals surface area contributed by atoms with Crippen LogP contribution in [-0.2, 0) is 9.53 Å². The lowest BCUT2D eigenvalue weighted by Crippen LogP contribution is -2.51. The van der Waals surface area contributed by atoms with E-state index in [0.717, 1.165) is 19.3 Å². The highest BCUT2D eigenvalue weighted by atomic mass is 32.1. The Morgan fingerprint density at radius 2 is 2.12 bits per heavy atom. The molecule has 2 heterocycles. The molecule has 3 unspecified atom stereocenters. The molecule has 2 rings (SSSR count). The molecule has 96 valence electrons. The van der Waals surface area contributed by atoms with Gasteiger partial charge in [0.2, 0.25) is 5.91 Å². The third kappa shape index (κ3) is 3.07. The topological polar surface area (TPSA) is 62.4 Å². The number of fused-ring (bicyclic) bond motifs is 2. The van der Waals surface area contributed by atoms with Crippen LogP contribution in [0.25, 0.3) is 0 Å². The van der Waals surface area contributed by atoms with E-state index >= 15 is 0 Å². The van der Waals surface area contributed by atoms with Crippen molar-refractivity contribution in [1.29, 1.82) is 0 Å². The number of hydrazine groups is 1. The van der Waals surface area contributed by atoms with E-state index in [1.165, 1.54) is 0 Å². The van der Waals surface area contributed by atoms with Gasteiger partial charge in [-0.25, -0.2) is 0 Å². The molecule has 0 aromatic heterocycles. The zero-order valence-electron chi connectivity index (χ0n) is 10.2. The van der Waals surface area contributed by atoms with Crippen LogP contribution in [0.5, 0.6) is 0 Å². The third-order valence-electron chi connectivity index (χ3n) is 3.16. The monoisotopic (exact) mass is 257 g/mol. The van der Waals surface area contributed by atoms with Gasteiger partial charge in [-0.1, -0.05) is 0 Å². The lowest BCUT2D eigenvalue weighted by atomic mass is 9.89. The first-order valence-corrected chi connectivity index (χ1v) is 6.49. The first-order chi connectivity index (χ1) is 8.06. The normalized spacial score (nSPS) is 30.4. The quantitative estimate of drug-likeness (QED) is 0.495. The van der Waals surface area contributed by atoms with Gasteiger partial charge in [0, 0.05) is 6.04 Å². The summed E-state index contributed by atoms with van der Waals surface area (Å²) in [5.41, 5.74) is 5.36. The molecule has 17 heavy (non-hydrogen) atoms. The van der Waals surface area contributed by atoms with Gasteiger partial charge in [0.25, 0.3) is 0 Å². The summed E-state index contributed by atoms with van der Waals surface area (Å²) < 4.78 is 5.64. The molecule has 6 heteroatoms. The Kier molecular flexibility index (Phi) is 3.83. The van der Waals surface area contributed by atoms with Crippen LogP contribution >= 0.6 is 12.2 Å². The molecule has 0 radical (unpaired) electrons. The number of nitrogens with one attached hydrogen (secondary N) is 3. The molecule has 3 N–H and O–H groups in total. The minimum atomic E-state index is -0.0249. The molecule has 0 saturated carbocycles.